The minimum Gasteiger partial charge on any atom is -0.481 e. The van der Waals surface area contributed by atoms with Gasteiger partial charge in [0.15, 0.2) is 0 Å². The molecule has 0 radical (unpaired) electrons. The van der Waals surface area contributed by atoms with E-state index < -0.39 is 11.9 Å². The van der Waals surface area contributed by atoms with Gasteiger partial charge in [-0.3, -0.25) is 9.59 Å². The number of nitrogens with zero attached hydrogens (tertiary/aromatic N) is 1. The molecule has 4 nitrogen and oxygen atoms in total. The summed E-state index contributed by atoms with van der Waals surface area (Å²) in [6.45, 7) is 5.72. The van der Waals surface area contributed by atoms with Crippen LogP contribution in [0, 0.1) is 19.8 Å². The number of rotatable bonds is 5. The van der Waals surface area contributed by atoms with Crippen molar-refractivity contribution in [2.45, 2.75) is 39.7 Å². The second kappa shape index (κ2) is 6.06. The maximum atomic E-state index is 12.7. The van der Waals surface area contributed by atoms with Crippen molar-refractivity contribution in [2.24, 2.45) is 5.92 Å². The van der Waals surface area contributed by atoms with Gasteiger partial charge in [0.1, 0.15) is 0 Å². The average Bonchev–Trinajstić information content (AvgIpc) is 3.23. The van der Waals surface area contributed by atoms with Gasteiger partial charge in [0.25, 0.3) is 5.91 Å². The molecule has 0 spiro atoms. The highest BCUT2D eigenvalue weighted by Crippen LogP contribution is 2.31. The summed E-state index contributed by atoms with van der Waals surface area (Å²) < 4.78 is 0. The Balaban J connectivity index is 2.27. The van der Waals surface area contributed by atoms with Gasteiger partial charge in [0, 0.05) is 12.6 Å². The number of carboxylic acids is 1. The maximum Gasteiger partial charge on any atom is 0.308 e. The fourth-order valence-corrected chi connectivity index (χ4v) is 2.56. The SMILES string of the molecule is Cc1cc(Cl)c(C(=O)N(CC(C)C(=O)O)C2CC2)cc1C. The lowest BCUT2D eigenvalue weighted by Crippen LogP contribution is -2.38. The predicted octanol–water partition coefficient (Wildman–Crippen LogP) is 3.28. The molecule has 1 aliphatic carbocycles. The molecular formula is C16H20ClNO3. The number of benzene rings is 1. The largest absolute Gasteiger partial charge is 0.481 e. The van der Waals surface area contributed by atoms with Crippen LogP contribution in [0.15, 0.2) is 12.1 Å². The van der Waals surface area contributed by atoms with E-state index in [9.17, 15) is 9.59 Å². The van der Waals surface area contributed by atoms with E-state index in [0.29, 0.717) is 10.6 Å². The van der Waals surface area contributed by atoms with Gasteiger partial charge in [-0.1, -0.05) is 18.5 Å². The zero-order valence-corrected chi connectivity index (χ0v) is 13.3. The molecule has 1 aromatic rings. The second-order valence-corrected chi connectivity index (χ2v) is 6.25. The van der Waals surface area contributed by atoms with E-state index in [1.54, 1.807) is 24.0 Å². The third-order valence-electron chi connectivity index (χ3n) is 3.95. The standard InChI is InChI=1S/C16H20ClNO3/c1-9-6-13(14(17)7-10(9)2)15(19)18(12-4-5-12)8-11(3)16(20)21/h6-7,11-12H,4-5,8H2,1-3H3,(H,20,21). The fraction of sp³-hybridized carbons (Fsp3) is 0.500. The number of aryl methyl sites for hydroxylation is 2. The first-order valence-electron chi connectivity index (χ1n) is 7.11. The zero-order chi connectivity index (χ0) is 15.7. The van der Waals surface area contributed by atoms with Crippen molar-refractivity contribution in [1.82, 2.24) is 4.90 Å². The third kappa shape index (κ3) is 3.56. The summed E-state index contributed by atoms with van der Waals surface area (Å²) in [7, 11) is 0. The van der Waals surface area contributed by atoms with Gasteiger partial charge >= 0.3 is 5.97 Å². The van der Waals surface area contributed by atoms with Crippen LogP contribution in [0.2, 0.25) is 5.02 Å². The molecule has 5 heteroatoms. The topological polar surface area (TPSA) is 57.6 Å². The molecule has 21 heavy (non-hydrogen) atoms. The maximum absolute atomic E-state index is 12.7. The average molecular weight is 310 g/mol. The van der Waals surface area contributed by atoms with Crippen LogP contribution in [0.5, 0.6) is 0 Å². The van der Waals surface area contributed by atoms with Crippen molar-refractivity contribution in [1.29, 1.82) is 0 Å². The number of hydrogen-bond acceptors (Lipinski definition) is 2. The van der Waals surface area contributed by atoms with Crippen molar-refractivity contribution in [3.05, 3.63) is 33.8 Å². The zero-order valence-electron chi connectivity index (χ0n) is 12.5. The summed E-state index contributed by atoms with van der Waals surface area (Å²) in [5, 5.41) is 9.48. The molecule has 1 fully saturated rings. The summed E-state index contributed by atoms with van der Waals surface area (Å²) >= 11 is 6.20. The first-order chi connectivity index (χ1) is 9.81. The van der Waals surface area contributed by atoms with Crippen molar-refractivity contribution < 1.29 is 14.7 Å². The summed E-state index contributed by atoms with van der Waals surface area (Å²) in [5.41, 5.74) is 2.50. The van der Waals surface area contributed by atoms with E-state index in [2.05, 4.69) is 0 Å². The quantitative estimate of drug-likeness (QED) is 0.908. The Labute approximate surface area is 129 Å². The van der Waals surface area contributed by atoms with Gasteiger partial charge < -0.3 is 10.0 Å². The van der Waals surface area contributed by atoms with Gasteiger partial charge in [-0.25, -0.2) is 0 Å². The Morgan fingerprint density at radius 1 is 1.33 bits per heavy atom. The smallest absolute Gasteiger partial charge is 0.308 e. The Morgan fingerprint density at radius 2 is 1.90 bits per heavy atom. The van der Waals surface area contributed by atoms with Gasteiger partial charge in [-0.15, -0.1) is 0 Å². The van der Waals surface area contributed by atoms with Crippen molar-refractivity contribution in [3.63, 3.8) is 0 Å². The Morgan fingerprint density at radius 3 is 2.43 bits per heavy atom. The fourth-order valence-electron chi connectivity index (χ4n) is 2.26. The number of carbonyl (C=O) groups is 2. The molecule has 2 rings (SSSR count). The van der Waals surface area contributed by atoms with Gasteiger partial charge in [0.05, 0.1) is 16.5 Å². The van der Waals surface area contributed by atoms with Crippen molar-refractivity contribution in [2.75, 3.05) is 6.54 Å². The highest BCUT2D eigenvalue weighted by molar-refractivity contribution is 6.34. The Bertz CT molecular complexity index is 581. The number of halogens is 1. The molecule has 1 aliphatic rings. The van der Waals surface area contributed by atoms with Crippen molar-refractivity contribution in [3.8, 4) is 0 Å². The number of carboxylic acid groups (broad SMARTS) is 1. The normalized spacial score (nSPS) is 15.6. The molecule has 1 unspecified atom stereocenters. The highest BCUT2D eigenvalue weighted by atomic mass is 35.5. The number of aliphatic carboxylic acids is 1. The van der Waals surface area contributed by atoms with Gasteiger partial charge in [-0.2, -0.15) is 0 Å². The summed E-state index contributed by atoms with van der Waals surface area (Å²) in [5.74, 6) is -1.64. The van der Waals surface area contributed by atoms with E-state index in [4.69, 9.17) is 16.7 Å². The van der Waals surface area contributed by atoms with Crippen LogP contribution in [-0.2, 0) is 4.79 Å². The number of carbonyl (C=O) groups excluding carboxylic acids is 1. The van der Waals surface area contributed by atoms with Crippen LogP contribution in [0.3, 0.4) is 0 Å². The summed E-state index contributed by atoms with van der Waals surface area (Å²) in [4.78, 5) is 25.4. The third-order valence-corrected chi connectivity index (χ3v) is 4.27. The molecular weight excluding hydrogens is 290 g/mol. The lowest BCUT2D eigenvalue weighted by molar-refractivity contribution is -0.141. The molecule has 1 aromatic carbocycles. The van der Waals surface area contributed by atoms with E-state index in [1.807, 2.05) is 13.8 Å². The van der Waals surface area contributed by atoms with Crippen molar-refractivity contribution >= 4 is 23.5 Å². The van der Waals surface area contributed by atoms with Crippen LogP contribution >= 0.6 is 11.6 Å². The predicted molar refractivity (Wildman–Crippen MR) is 81.8 cm³/mol. The summed E-state index contributed by atoms with van der Waals surface area (Å²) in [6.07, 6.45) is 1.86. The lowest BCUT2D eigenvalue weighted by atomic mass is 10.0. The van der Waals surface area contributed by atoms with E-state index in [0.717, 1.165) is 24.0 Å². The van der Waals surface area contributed by atoms with Gasteiger partial charge in [0.2, 0.25) is 0 Å². The molecule has 114 valence electrons. The molecule has 0 saturated heterocycles. The second-order valence-electron chi connectivity index (χ2n) is 5.84. The van der Waals surface area contributed by atoms with Crippen LogP contribution in [0.25, 0.3) is 0 Å². The molecule has 1 saturated carbocycles. The van der Waals surface area contributed by atoms with E-state index in [1.165, 1.54) is 0 Å². The number of amides is 1. The highest BCUT2D eigenvalue weighted by Gasteiger charge is 2.35. The first kappa shape index (κ1) is 15.8. The molecule has 0 heterocycles. The molecule has 0 aromatic heterocycles. The van der Waals surface area contributed by atoms with Crippen LogP contribution < -0.4 is 0 Å². The molecule has 1 atom stereocenters. The van der Waals surface area contributed by atoms with Gasteiger partial charge in [-0.05, 0) is 49.9 Å². The summed E-state index contributed by atoms with van der Waals surface area (Å²) in [6, 6.07) is 3.73. The molecule has 1 amide bonds. The molecule has 1 N–H and O–H groups in total. The Kier molecular flexibility index (Phi) is 4.57. The van der Waals surface area contributed by atoms with Crippen LogP contribution in [0.1, 0.15) is 41.3 Å². The molecule has 0 aliphatic heterocycles. The first-order valence-corrected chi connectivity index (χ1v) is 7.49. The van der Waals surface area contributed by atoms with E-state index >= 15 is 0 Å². The Hall–Kier alpha value is -1.55. The minimum atomic E-state index is -0.889. The minimum absolute atomic E-state index is 0.150. The number of hydrogen-bond donors (Lipinski definition) is 1. The van der Waals surface area contributed by atoms with E-state index in [-0.39, 0.29) is 18.5 Å². The van der Waals surface area contributed by atoms with Crippen LogP contribution in [-0.4, -0.2) is 34.5 Å². The monoisotopic (exact) mass is 309 g/mol. The lowest BCUT2D eigenvalue weighted by Gasteiger charge is -2.25. The molecule has 0 bridgehead atoms. The van der Waals surface area contributed by atoms with Crippen LogP contribution in [0.4, 0.5) is 0 Å².